The molecule has 0 saturated heterocycles. The minimum atomic E-state index is 0.605. The van der Waals surface area contributed by atoms with Crippen LogP contribution in [0.15, 0.2) is 29.9 Å². The summed E-state index contributed by atoms with van der Waals surface area (Å²) in [5.74, 6) is 0. The molecule has 0 aliphatic carbocycles. The molecule has 1 heterocycles. The fourth-order valence-electron chi connectivity index (χ4n) is 1.20. The van der Waals surface area contributed by atoms with Gasteiger partial charge >= 0.3 is 0 Å². The zero-order valence-electron chi connectivity index (χ0n) is 7.21. The van der Waals surface area contributed by atoms with E-state index in [1.807, 2.05) is 23.8 Å². The van der Waals surface area contributed by atoms with Gasteiger partial charge in [-0.15, -0.1) is 11.3 Å². The first kappa shape index (κ1) is 9.97. The molecule has 0 aliphatic rings. The van der Waals surface area contributed by atoms with Gasteiger partial charge in [-0.3, -0.25) is 4.98 Å². The number of nitrogens with zero attached hydrogens (tertiary/aromatic N) is 1. The van der Waals surface area contributed by atoms with Crippen molar-refractivity contribution in [3.05, 3.63) is 50.4 Å². The molecule has 0 amide bonds. The lowest BCUT2D eigenvalue weighted by Gasteiger charge is -2.03. The second-order valence-electron chi connectivity index (χ2n) is 2.86. The van der Waals surface area contributed by atoms with Crippen LogP contribution in [0.5, 0.6) is 0 Å². The lowest BCUT2D eigenvalue weighted by molar-refractivity contribution is 1.22. The van der Waals surface area contributed by atoms with Gasteiger partial charge in [-0.05, 0) is 11.6 Å². The van der Waals surface area contributed by atoms with Gasteiger partial charge in [0.25, 0.3) is 0 Å². The number of hydrogen-bond donors (Lipinski definition) is 0. The second kappa shape index (κ2) is 4.30. The Morgan fingerprint density at radius 3 is 2.86 bits per heavy atom. The van der Waals surface area contributed by atoms with Crippen molar-refractivity contribution in [2.45, 2.75) is 6.42 Å². The highest BCUT2D eigenvalue weighted by Gasteiger charge is 2.05. The Balaban J connectivity index is 2.29. The molecular formula is C10H7Cl2NS. The van der Waals surface area contributed by atoms with Crippen LogP contribution in [0, 0.1) is 0 Å². The first-order valence-electron chi connectivity index (χ1n) is 4.07. The number of aromatic nitrogens is 1. The van der Waals surface area contributed by atoms with Crippen LogP contribution in [0.1, 0.15) is 10.4 Å². The minimum Gasteiger partial charge on any atom is -0.253 e. The van der Waals surface area contributed by atoms with Crippen molar-refractivity contribution < 1.29 is 0 Å². The maximum Gasteiger partial charge on any atom is 0.0794 e. The summed E-state index contributed by atoms with van der Waals surface area (Å²) in [6.07, 6.45) is 2.64. The third-order valence-corrected chi connectivity index (χ3v) is 3.52. The molecule has 0 bridgehead atoms. The molecule has 0 spiro atoms. The van der Waals surface area contributed by atoms with Crippen molar-refractivity contribution in [3.8, 4) is 0 Å². The number of thiazole rings is 1. The molecule has 2 aromatic rings. The Labute approximate surface area is 96.3 Å². The molecule has 14 heavy (non-hydrogen) atoms. The topological polar surface area (TPSA) is 12.9 Å². The Bertz CT molecular complexity index is 426. The summed E-state index contributed by atoms with van der Waals surface area (Å²) < 4.78 is 0. The first-order chi connectivity index (χ1) is 6.77. The van der Waals surface area contributed by atoms with Crippen LogP contribution in [0.4, 0.5) is 0 Å². The predicted octanol–water partition coefficient (Wildman–Crippen LogP) is 4.04. The van der Waals surface area contributed by atoms with Gasteiger partial charge in [0.1, 0.15) is 0 Å². The highest BCUT2D eigenvalue weighted by atomic mass is 35.5. The van der Waals surface area contributed by atoms with Gasteiger partial charge in [0.05, 0.1) is 15.6 Å². The van der Waals surface area contributed by atoms with Gasteiger partial charge in [-0.1, -0.05) is 35.3 Å². The molecule has 4 heteroatoms. The van der Waals surface area contributed by atoms with Crippen molar-refractivity contribution in [1.82, 2.24) is 4.98 Å². The molecule has 0 N–H and O–H groups in total. The van der Waals surface area contributed by atoms with Crippen LogP contribution >= 0.6 is 34.5 Å². The average molecular weight is 244 g/mol. The predicted molar refractivity (Wildman–Crippen MR) is 61.4 cm³/mol. The van der Waals surface area contributed by atoms with Gasteiger partial charge in [0, 0.05) is 17.5 Å². The van der Waals surface area contributed by atoms with Crippen molar-refractivity contribution in [2.24, 2.45) is 0 Å². The van der Waals surface area contributed by atoms with E-state index in [0.717, 1.165) is 12.0 Å². The Hall–Kier alpha value is -0.570. The standard InChI is InChI=1S/C10H7Cl2NS/c11-9-3-1-2-7(10(9)12)4-8-5-13-6-14-8/h1-3,5-6H,4H2. The quantitative estimate of drug-likeness (QED) is 0.776. The molecule has 0 radical (unpaired) electrons. The number of benzene rings is 1. The lowest BCUT2D eigenvalue weighted by atomic mass is 10.1. The van der Waals surface area contributed by atoms with E-state index < -0.39 is 0 Å². The fraction of sp³-hybridized carbons (Fsp3) is 0.100. The number of halogens is 2. The Kier molecular flexibility index (Phi) is 3.06. The van der Waals surface area contributed by atoms with E-state index in [-0.39, 0.29) is 0 Å². The molecule has 0 saturated carbocycles. The number of hydrogen-bond acceptors (Lipinski definition) is 2. The molecule has 2 rings (SSSR count). The molecule has 0 fully saturated rings. The summed E-state index contributed by atoms with van der Waals surface area (Å²) in [5, 5.41) is 1.25. The van der Waals surface area contributed by atoms with E-state index >= 15 is 0 Å². The van der Waals surface area contributed by atoms with Gasteiger partial charge in [-0.2, -0.15) is 0 Å². The van der Waals surface area contributed by atoms with Gasteiger partial charge in [0.15, 0.2) is 0 Å². The summed E-state index contributed by atoms with van der Waals surface area (Å²) in [4.78, 5) is 5.20. The highest BCUT2D eigenvalue weighted by Crippen LogP contribution is 2.27. The maximum absolute atomic E-state index is 6.06. The highest BCUT2D eigenvalue weighted by molar-refractivity contribution is 7.09. The fourth-order valence-corrected chi connectivity index (χ4v) is 2.21. The zero-order valence-corrected chi connectivity index (χ0v) is 9.53. The Morgan fingerprint density at radius 1 is 1.29 bits per heavy atom. The smallest absolute Gasteiger partial charge is 0.0794 e. The van der Waals surface area contributed by atoms with Crippen molar-refractivity contribution in [3.63, 3.8) is 0 Å². The van der Waals surface area contributed by atoms with E-state index in [2.05, 4.69) is 4.98 Å². The zero-order chi connectivity index (χ0) is 9.97. The average Bonchev–Trinajstić information content (AvgIpc) is 2.66. The van der Waals surface area contributed by atoms with Gasteiger partial charge in [0.2, 0.25) is 0 Å². The van der Waals surface area contributed by atoms with E-state index in [1.54, 1.807) is 17.4 Å². The third-order valence-electron chi connectivity index (χ3n) is 1.88. The van der Waals surface area contributed by atoms with Crippen LogP contribution in [-0.2, 0) is 6.42 Å². The molecule has 72 valence electrons. The van der Waals surface area contributed by atoms with Gasteiger partial charge in [-0.25, -0.2) is 0 Å². The summed E-state index contributed by atoms with van der Waals surface area (Å²) in [6, 6.07) is 5.68. The SMILES string of the molecule is Clc1cccc(Cc2cncs2)c1Cl. The van der Waals surface area contributed by atoms with Crippen LogP contribution in [0.3, 0.4) is 0 Å². The van der Waals surface area contributed by atoms with Crippen LogP contribution in [0.2, 0.25) is 10.0 Å². The molecule has 0 aliphatic heterocycles. The monoisotopic (exact) mass is 243 g/mol. The number of rotatable bonds is 2. The summed E-state index contributed by atoms with van der Waals surface area (Å²) in [5.41, 5.74) is 2.86. The van der Waals surface area contributed by atoms with E-state index in [4.69, 9.17) is 23.2 Å². The van der Waals surface area contributed by atoms with Crippen molar-refractivity contribution in [2.75, 3.05) is 0 Å². The maximum atomic E-state index is 6.06. The normalized spacial score (nSPS) is 10.4. The van der Waals surface area contributed by atoms with Crippen molar-refractivity contribution in [1.29, 1.82) is 0 Å². The summed E-state index contributed by atoms with van der Waals surface area (Å²) >= 11 is 13.6. The van der Waals surface area contributed by atoms with E-state index in [0.29, 0.717) is 10.0 Å². The Morgan fingerprint density at radius 2 is 2.14 bits per heavy atom. The molecule has 0 unspecified atom stereocenters. The molecular weight excluding hydrogens is 237 g/mol. The summed E-state index contributed by atoms with van der Waals surface area (Å²) in [7, 11) is 0. The van der Waals surface area contributed by atoms with Crippen molar-refractivity contribution >= 4 is 34.5 Å². The molecule has 1 aromatic heterocycles. The van der Waals surface area contributed by atoms with Crippen LogP contribution in [-0.4, -0.2) is 4.98 Å². The molecule has 1 nitrogen and oxygen atoms in total. The minimum absolute atomic E-state index is 0.605. The molecule has 1 aromatic carbocycles. The van der Waals surface area contributed by atoms with Gasteiger partial charge < -0.3 is 0 Å². The first-order valence-corrected chi connectivity index (χ1v) is 5.71. The van der Waals surface area contributed by atoms with E-state index in [1.165, 1.54) is 4.88 Å². The third kappa shape index (κ3) is 2.08. The summed E-state index contributed by atoms with van der Waals surface area (Å²) in [6.45, 7) is 0. The largest absolute Gasteiger partial charge is 0.253 e. The molecule has 0 atom stereocenters. The lowest BCUT2D eigenvalue weighted by Crippen LogP contribution is -1.86. The van der Waals surface area contributed by atoms with E-state index in [9.17, 15) is 0 Å². The van der Waals surface area contributed by atoms with Crippen LogP contribution in [0.25, 0.3) is 0 Å². The van der Waals surface area contributed by atoms with Crippen LogP contribution < -0.4 is 0 Å². The second-order valence-corrected chi connectivity index (χ2v) is 4.61.